The molecule has 0 spiro atoms. The van der Waals surface area contributed by atoms with Gasteiger partial charge in [-0.1, -0.05) is 5.16 Å². The number of phenols is 2. The van der Waals surface area contributed by atoms with Crippen molar-refractivity contribution in [1.82, 2.24) is 20.1 Å². The lowest BCUT2D eigenvalue weighted by Crippen LogP contribution is -1.88. The van der Waals surface area contributed by atoms with Crippen LogP contribution >= 0.6 is 0 Å². The lowest BCUT2D eigenvalue weighted by molar-refractivity contribution is 0.428. The average molecular weight is 256 g/mol. The fourth-order valence-electron chi connectivity index (χ4n) is 1.56. The van der Waals surface area contributed by atoms with E-state index in [0.29, 0.717) is 11.4 Å². The number of hydrogen-bond donors (Lipinski definition) is 2. The van der Waals surface area contributed by atoms with Crippen molar-refractivity contribution >= 4 is 0 Å². The third-order valence-corrected chi connectivity index (χ3v) is 2.34. The molecule has 0 radical (unpaired) electrons. The molecular weight excluding hydrogens is 248 g/mol. The molecule has 19 heavy (non-hydrogen) atoms. The summed E-state index contributed by atoms with van der Waals surface area (Å²) in [4.78, 5) is 12.1. The van der Waals surface area contributed by atoms with E-state index in [1.54, 1.807) is 18.5 Å². The largest absolute Gasteiger partial charge is 0.508 e. The third-order valence-electron chi connectivity index (χ3n) is 2.34. The fourth-order valence-corrected chi connectivity index (χ4v) is 1.56. The molecule has 7 nitrogen and oxygen atoms in total. The fraction of sp³-hybridized carbons (Fsp3) is 0. The molecule has 0 amide bonds. The Morgan fingerprint density at radius 3 is 2.26 bits per heavy atom. The predicted molar refractivity (Wildman–Crippen MR) is 64.1 cm³/mol. The average Bonchev–Trinajstić information content (AvgIpc) is 2.88. The van der Waals surface area contributed by atoms with Crippen LogP contribution in [0.5, 0.6) is 11.5 Å². The van der Waals surface area contributed by atoms with Gasteiger partial charge in [-0.3, -0.25) is 0 Å². The van der Waals surface area contributed by atoms with E-state index in [1.807, 2.05) is 0 Å². The topological polar surface area (TPSA) is 105 Å². The maximum Gasteiger partial charge on any atom is 0.258 e. The molecule has 94 valence electrons. The molecule has 0 aliphatic carbocycles. The summed E-state index contributed by atoms with van der Waals surface area (Å²) in [5, 5.41) is 22.6. The van der Waals surface area contributed by atoms with Crippen molar-refractivity contribution in [1.29, 1.82) is 0 Å². The van der Waals surface area contributed by atoms with E-state index < -0.39 is 0 Å². The summed E-state index contributed by atoms with van der Waals surface area (Å²) >= 11 is 0. The molecule has 0 bridgehead atoms. The Bertz CT molecular complexity index is 692. The molecule has 0 saturated heterocycles. The number of rotatable bonds is 2. The molecule has 2 N–H and O–H groups in total. The second-order valence-electron chi connectivity index (χ2n) is 3.73. The van der Waals surface area contributed by atoms with E-state index in [9.17, 15) is 10.2 Å². The van der Waals surface area contributed by atoms with E-state index in [-0.39, 0.29) is 23.2 Å². The molecule has 0 unspecified atom stereocenters. The first-order valence-electron chi connectivity index (χ1n) is 5.37. The zero-order chi connectivity index (χ0) is 13.2. The Balaban J connectivity index is 2.02. The number of hydrogen-bond acceptors (Lipinski definition) is 7. The van der Waals surface area contributed by atoms with Crippen molar-refractivity contribution in [2.24, 2.45) is 0 Å². The second-order valence-corrected chi connectivity index (χ2v) is 3.73. The predicted octanol–water partition coefficient (Wildman–Crippen LogP) is 1.60. The maximum absolute atomic E-state index is 9.40. The molecule has 0 aliphatic heterocycles. The van der Waals surface area contributed by atoms with Gasteiger partial charge in [0.25, 0.3) is 5.89 Å². The number of aromatic nitrogens is 4. The van der Waals surface area contributed by atoms with Gasteiger partial charge in [0.05, 0.1) is 0 Å². The Labute approximate surface area is 107 Å². The lowest BCUT2D eigenvalue weighted by atomic mass is 10.2. The monoisotopic (exact) mass is 256 g/mol. The van der Waals surface area contributed by atoms with E-state index in [1.165, 1.54) is 18.2 Å². The summed E-state index contributed by atoms with van der Waals surface area (Å²) in [6.07, 6.45) is 3.14. The van der Waals surface area contributed by atoms with E-state index in [4.69, 9.17) is 4.52 Å². The van der Waals surface area contributed by atoms with Gasteiger partial charge in [-0.25, -0.2) is 9.97 Å². The van der Waals surface area contributed by atoms with Crippen LogP contribution in [0, 0.1) is 0 Å². The number of benzene rings is 1. The van der Waals surface area contributed by atoms with Crippen molar-refractivity contribution < 1.29 is 14.7 Å². The van der Waals surface area contributed by atoms with Gasteiger partial charge in [0.2, 0.25) is 11.6 Å². The highest BCUT2D eigenvalue weighted by Crippen LogP contribution is 2.28. The van der Waals surface area contributed by atoms with E-state index >= 15 is 0 Å². The van der Waals surface area contributed by atoms with Gasteiger partial charge in [0.15, 0.2) is 0 Å². The second kappa shape index (κ2) is 4.37. The molecule has 0 saturated carbocycles. The van der Waals surface area contributed by atoms with Crippen LogP contribution in [0.25, 0.3) is 23.1 Å². The minimum Gasteiger partial charge on any atom is -0.508 e. The Morgan fingerprint density at radius 1 is 0.895 bits per heavy atom. The SMILES string of the molecule is Oc1cc(O)cc(-c2nc(-c3ncccn3)no2)c1. The quantitative estimate of drug-likeness (QED) is 0.717. The van der Waals surface area contributed by atoms with Gasteiger partial charge in [0, 0.05) is 24.0 Å². The highest BCUT2D eigenvalue weighted by molar-refractivity contribution is 5.60. The van der Waals surface area contributed by atoms with Gasteiger partial charge < -0.3 is 14.7 Å². The lowest BCUT2D eigenvalue weighted by Gasteiger charge is -1.97. The molecule has 2 aromatic heterocycles. The zero-order valence-electron chi connectivity index (χ0n) is 9.56. The third kappa shape index (κ3) is 2.21. The summed E-state index contributed by atoms with van der Waals surface area (Å²) < 4.78 is 5.05. The van der Waals surface area contributed by atoms with Crippen LogP contribution in [-0.2, 0) is 0 Å². The molecule has 1 aromatic carbocycles. The summed E-state index contributed by atoms with van der Waals surface area (Å²) in [5.41, 5.74) is 0.409. The van der Waals surface area contributed by atoms with Gasteiger partial charge >= 0.3 is 0 Å². The van der Waals surface area contributed by atoms with Crippen molar-refractivity contribution in [3.63, 3.8) is 0 Å². The van der Waals surface area contributed by atoms with Crippen LogP contribution in [0.3, 0.4) is 0 Å². The normalized spacial score (nSPS) is 10.5. The highest BCUT2D eigenvalue weighted by Gasteiger charge is 2.13. The maximum atomic E-state index is 9.40. The van der Waals surface area contributed by atoms with E-state index in [2.05, 4.69) is 20.1 Å². The first kappa shape index (κ1) is 11.1. The van der Waals surface area contributed by atoms with Crippen LogP contribution in [0.4, 0.5) is 0 Å². The summed E-state index contributed by atoms with van der Waals surface area (Å²) in [6, 6.07) is 5.70. The molecule has 0 atom stereocenters. The zero-order valence-corrected chi connectivity index (χ0v) is 9.56. The van der Waals surface area contributed by atoms with Crippen molar-refractivity contribution in [3.8, 4) is 34.6 Å². The summed E-state index contributed by atoms with van der Waals surface area (Å²) in [7, 11) is 0. The van der Waals surface area contributed by atoms with E-state index in [0.717, 1.165) is 0 Å². The number of phenolic OH excluding ortho intramolecular Hbond substituents is 2. The smallest absolute Gasteiger partial charge is 0.258 e. The molecule has 0 fully saturated rings. The minimum absolute atomic E-state index is 0.0919. The van der Waals surface area contributed by atoms with Crippen molar-refractivity contribution in [2.75, 3.05) is 0 Å². The van der Waals surface area contributed by atoms with Gasteiger partial charge in [-0.05, 0) is 18.2 Å². The Morgan fingerprint density at radius 2 is 1.58 bits per heavy atom. The molecule has 7 heteroatoms. The minimum atomic E-state index is -0.0919. The Hall–Kier alpha value is -2.96. The molecule has 2 heterocycles. The van der Waals surface area contributed by atoms with Crippen LogP contribution in [-0.4, -0.2) is 30.3 Å². The van der Waals surface area contributed by atoms with Gasteiger partial charge in [-0.2, -0.15) is 4.98 Å². The summed E-state index contributed by atoms with van der Waals surface area (Å²) in [5.74, 6) is 0.547. The van der Waals surface area contributed by atoms with Crippen molar-refractivity contribution in [2.45, 2.75) is 0 Å². The van der Waals surface area contributed by atoms with Crippen molar-refractivity contribution in [3.05, 3.63) is 36.7 Å². The van der Waals surface area contributed by atoms with Crippen LogP contribution in [0.1, 0.15) is 0 Å². The molecule has 3 rings (SSSR count). The highest BCUT2D eigenvalue weighted by atomic mass is 16.5. The number of aromatic hydroxyl groups is 2. The van der Waals surface area contributed by atoms with Gasteiger partial charge in [0.1, 0.15) is 11.5 Å². The Kier molecular flexibility index (Phi) is 2.57. The van der Waals surface area contributed by atoms with Crippen LogP contribution in [0.2, 0.25) is 0 Å². The first-order valence-corrected chi connectivity index (χ1v) is 5.37. The van der Waals surface area contributed by atoms with Gasteiger partial charge in [-0.15, -0.1) is 0 Å². The summed E-state index contributed by atoms with van der Waals surface area (Å²) in [6.45, 7) is 0. The number of nitrogens with zero attached hydrogens (tertiary/aromatic N) is 4. The van der Waals surface area contributed by atoms with Crippen LogP contribution in [0.15, 0.2) is 41.2 Å². The first-order chi connectivity index (χ1) is 9.22. The van der Waals surface area contributed by atoms with Crippen LogP contribution < -0.4 is 0 Å². The molecule has 3 aromatic rings. The molecule has 0 aliphatic rings. The molecular formula is C12H8N4O3. The standard InChI is InChI=1S/C12H8N4O3/c17-8-4-7(5-9(18)6-8)12-15-11(16-19-12)10-13-2-1-3-14-10/h1-6,17-18H.